The van der Waals surface area contributed by atoms with Crippen molar-refractivity contribution in [3.8, 4) is 0 Å². The van der Waals surface area contributed by atoms with Crippen LogP contribution >= 0.6 is 0 Å². The predicted octanol–water partition coefficient (Wildman–Crippen LogP) is 2.35. The zero-order chi connectivity index (χ0) is 13.9. The topological polar surface area (TPSA) is 60.2 Å². The molecule has 2 rings (SSSR count). The molecular formula is C15H19NO2S. The summed E-state index contributed by atoms with van der Waals surface area (Å²) in [6, 6.07) is 13.6. The molecule has 0 saturated carbocycles. The fourth-order valence-electron chi connectivity index (χ4n) is 2.22. The first-order chi connectivity index (χ1) is 9.02. The third-order valence-corrected chi connectivity index (χ3v) is 5.02. The lowest BCUT2D eigenvalue weighted by atomic mass is 10.1. The van der Waals surface area contributed by atoms with Gasteiger partial charge in [-0.1, -0.05) is 49.4 Å². The maximum atomic E-state index is 12.2. The zero-order valence-corrected chi connectivity index (χ0v) is 11.9. The second-order valence-corrected chi connectivity index (χ2v) is 7.14. The van der Waals surface area contributed by atoms with E-state index < -0.39 is 9.84 Å². The molecule has 1 atom stereocenters. The molecule has 0 aliphatic heterocycles. The van der Waals surface area contributed by atoms with Crippen LogP contribution in [-0.4, -0.2) is 20.7 Å². The van der Waals surface area contributed by atoms with Gasteiger partial charge in [0, 0.05) is 0 Å². The van der Waals surface area contributed by atoms with Crippen LogP contribution < -0.4 is 5.73 Å². The minimum absolute atomic E-state index is 0.0000218. The molecular weight excluding hydrogens is 258 g/mol. The van der Waals surface area contributed by atoms with E-state index in [2.05, 4.69) is 0 Å². The fraction of sp³-hybridized carbons (Fsp3) is 0.333. The van der Waals surface area contributed by atoms with E-state index >= 15 is 0 Å². The number of benzene rings is 2. The van der Waals surface area contributed by atoms with Gasteiger partial charge in [0.05, 0.1) is 11.5 Å². The van der Waals surface area contributed by atoms with Gasteiger partial charge < -0.3 is 5.73 Å². The Kier molecular flexibility index (Phi) is 4.22. The first-order valence-electron chi connectivity index (χ1n) is 6.39. The fourth-order valence-corrected chi connectivity index (χ4v) is 4.06. The summed E-state index contributed by atoms with van der Waals surface area (Å²) in [7, 11) is -3.12. The lowest BCUT2D eigenvalue weighted by molar-refractivity contribution is 0.573. The summed E-state index contributed by atoms with van der Waals surface area (Å²) in [6.45, 7) is 2.26. The van der Waals surface area contributed by atoms with Gasteiger partial charge in [-0.3, -0.25) is 0 Å². The van der Waals surface area contributed by atoms with E-state index in [-0.39, 0.29) is 17.4 Å². The van der Waals surface area contributed by atoms with Crippen molar-refractivity contribution in [2.45, 2.75) is 12.7 Å². The third kappa shape index (κ3) is 3.55. The molecule has 0 saturated heterocycles. The molecule has 19 heavy (non-hydrogen) atoms. The number of fused-ring (bicyclic) bond motifs is 1. The molecule has 0 bridgehead atoms. The van der Waals surface area contributed by atoms with Crippen LogP contribution in [0.4, 0.5) is 0 Å². The van der Waals surface area contributed by atoms with Crippen molar-refractivity contribution < 1.29 is 8.42 Å². The van der Waals surface area contributed by atoms with Gasteiger partial charge >= 0.3 is 0 Å². The van der Waals surface area contributed by atoms with Crippen LogP contribution in [0.2, 0.25) is 0 Å². The molecule has 0 heterocycles. The van der Waals surface area contributed by atoms with E-state index in [1.54, 1.807) is 0 Å². The molecule has 0 amide bonds. The third-order valence-electron chi connectivity index (χ3n) is 3.20. The summed E-state index contributed by atoms with van der Waals surface area (Å²) in [5.41, 5.74) is 6.36. The van der Waals surface area contributed by atoms with Gasteiger partial charge in [-0.05, 0) is 28.8 Å². The standard InChI is InChI=1S/C15H19NO2S/c1-12(9-16)10-19(17,18)11-14-7-4-6-13-5-2-3-8-15(13)14/h2-8,12H,9-11,16H2,1H3. The minimum atomic E-state index is -3.12. The Morgan fingerprint density at radius 3 is 2.53 bits per heavy atom. The van der Waals surface area contributed by atoms with Crippen molar-refractivity contribution in [3.63, 3.8) is 0 Å². The van der Waals surface area contributed by atoms with Crippen LogP contribution in [0, 0.1) is 5.92 Å². The number of hydrogen-bond donors (Lipinski definition) is 1. The van der Waals surface area contributed by atoms with Crippen LogP contribution in [0.5, 0.6) is 0 Å². The predicted molar refractivity (Wildman–Crippen MR) is 79.7 cm³/mol. The van der Waals surface area contributed by atoms with Gasteiger partial charge in [0.25, 0.3) is 0 Å². The average molecular weight is 277 g/mol. The first kappa shape index (κ1) is 14.0. The van der Waals surface area contributed by atoms with E-state index in [9.17, 15) is 8.42 Å². The van der Waals surface area contributed by atoms with Crippen LogP contribution in [0.15, 0.2) is 42.5 Å². The summed E-state index contributed by atoms with van der Waals surface area (Å²) in [6.07, 6.45) is 0. The van der Waals surface area contributed by atoms with Crippen LogP contribution in [0.3, 0.4) is 0 Å². The second-order valence-electron chi connectivity index (χ2n) is 5.03. The molecule has 0 spiro atoms. The number of hydrogen-bond acceptors (Lipinski definition) is 3. The van der Waals surface area contributed by atoms with Crippen molar-refractivity contribution in [3.05, 3.63) is 48.0 Å². The smallest absolute Gasteiger partial charge is 0.154 e. The lowest BCUT2D eigenvalue weighted by Gasteiger charge is -2.11. The molecule has 1 unspecified atom stereocenters. The molecule has 0 radical (unpaired) electrons. The second kappa shape index (κ2) is 5.72. The van der Waals surface area contributed by atoms with E-state index in [1.165, 1.54) is 0 Å². The molecule has 3 nitrogen and oxygen atoms in total. The van der Waals surface area contributed by atoms with E-state index in [0.29, 0.717) is 6.54 Å². The normalized spacial score (nSPS) is 13.6. The molecule has 0 fully saturated rings. The molecule has 0 aromatic heterocycles. The Morgan fingerprint density at radius 2 is 1.79 bits per heavy atom. The van der Waals surface area contributed by atoms with Crippen molar-refractivity contribution in [1.29, 1.82) is 0 Å². The van der Waals surface area contributed by atoms with Crippen molar-refractivity contribution in [2.24, 2.45) is 11.7 Å². The highest BCUT2D eigenvalue weighted by atomic mass is 32.2. The van der Waals surface area contributed by atoms with Crippen LogP contribution in [0.1, 0.15) is 12.5 Å². The van der Waals surface area contributed by atoms with E-state index in [1.807, 2.05) is 49.4 Å². The summed E-state index contributed by atoms with van der Waals surface area (Å²) < 4.78 is 24.3. The van der Waals surface area contributed by atoms with Gasteiger partial charge in [0.2, 0.25) is 0 Å². The number of nitrogens with two attached hydrogens (primary N) is 1. The summed E-state index contributed by atoms with van der Waals surface area (Å²) in [5.74, 6) is 0.228. The van der Waals surface area contributed by atoms with E-state index in [4.69, 9.17) is 5.73 Å². The summed E-state index contributed by atoms with van der Waals surface area (Å²) >= 11 is 0. The highest BCUT2D eigenvalue weighted by Crippen LogP contribution is 2.21. The maximum absolute atomic E-state index is 12.2. The Labute approximate surface area is 114 Å². The molecule has 2 aromatic carbocycles. The zero-order valence-electron chi connectivity index (χ0n) is 11.0. The van der Waals surface area contributed by atoms with Gasteiger partial charge in [-0.25, -0.2) is 8.42 Å². The van der Waals surface area contributed by atoms with Crippen LogP contribution in [-0.2, 0) is 15.6 Å². The molecule has 4 heteroatoms. The summed E-state index contributed by atoms with van der Waals surface area (Å²) in [4.78, 5) is 0. The number of rotatable bonds is 5. The van der Waals surface area contributed by atoms with Gasteiger partial charge in [0.15, 0.2) is 9.84 Å². The average Bonchev–Trinajstić information content (AvgIpc) is 2.38. The molecule has 2 aromatic rings. The Hall–Kier alpha value is -1.39. The monoisotopic (exact) mass is 277 g/mol. The largest absolute Gasteiger partial charge is 0.330 e. The Balaban J connectivity index is 2.31. The van der Waals surface area contributed by atoms with Gasteiger partial charge in [0.1, 0.15) is 0 Å². The SMILES string of the molecule is CC(CN)CS(=O)(=O)Cc1cccc2ccccc12. The summed E-state index contributed by atoms with van der Waals surface area (Å²) in [5, 5.41) is 2.08. The maximum Gasteiger partial charge on any atom is 0.154 e. The van der Waals surface area contributed by atoms with Gasteiger partial charge in [-0.2, -0.15) is 0 Å². The minimum Gasteiger partial charge on any atom is -0.330 e. The highest BCUT2D eigenvalue weighted by molar-refractivity contribution is 7.90. The number of sulfone groups is 1. The quantitative estimate of drug-likeness (QED) is 0.912. The lowest BCUT2D eigenvalue weighted by Crippen LogP contribution is -2.22. The van der Waals surface area contributed by atoms with Gasteiger partial charge in [-0.15, -0.1) is 0 Å². The van der Waals surface area contributed by atoms with E-state index in [0.717, 1.165) is 16.3 Å². The molecule has 0 aliphatic carbocycles. The Bertz CT molecular complexity index is 659. The van der Waals surface area contributed by atoms with Crippen LogP contribution in [0.25, 0.3) is 10.8 Å². The Morgan fingerprint density at radius 1 is 1.11 bits per heavy atom. The van der Waals surface area contributed by atoms with Crippen molar-refractivity contribution >= 4 is 20.6 Å². The first-order valence-corrected chi connectivity index (χ1v) is 8.21. The highest BCUT2D eigenvalue weighted by Gasteiger charge is 2.16. The van der Waals surface area contributed by atoms with Crippen molar-refractivity contribution in [1.82, 2.24) is 0 Å². The molecule has 102 valence electrons. The molecule has 2 N–H and O–H groups in total. The van der Waals surface area contributed by atoms with Crippen molar-refractivity contribution in [2.75, 3.05) is 12.3 Å². The molecule has 0 aliphatic rings.